The van der Waals surface area contributed by atoms with E-state index in [1.54, 1.807) is 0 Å². The number of carbonyl (C=O) groups is 1. The predicted molar refractivity (Wildman–Crippen MR) is 59.6 cm³/mol. The van der Waals surface area contributed by atoms with E-state index in [1.807, 2.05) is 37.3 Å². The van der Waals surface area contributed by atoms with Crippen LogP contribution < -0.4 is 10.3 Å². The molecular formula is C12H13NO3. The van der Waals surface area contributed by atoms with Crippen molar-refractivity contribution in [1.29, 1.82) is 0 Å². The molecule has 0 radical (unpaired) electrons. The lowest BCUT2D eigenvalue weighted by molar-refractivity contribution is -0.140. The lowest BCUT2D eigenvalue weighted by atomic mass is 10.00. The fourth-order valence-electron chi connectivity index (χ4n) is 1.70. The minimum absolute atomic E-state index is 0.527. The van der Waals surface area contributed by atoms with Crippen LogP contribution in [-0.2, 0) is 4.79 Å². The van der Waals surface area contributed by atoms with Gasteiger partial charge in [0.2, 0.25) is 0 Å². The first-order valence-electron chi connectivity index (χ1n) is 5.18. The summed E-state index contributed by atoms with van der Waals surface area (Å²) in [5, 5.41) is 9.04. The summed E-state index contributed by atoms with van der Waals surface area (Å²) in [6, 6.07) is 7.49. The SMILES string of the molecule is CCC(C(=O)O)C1=Cc2ccccc2ON1. The summed E-state index contributed by atoms with van der Waals surface area (Å²) in [5.74, 6) is -0.677. The zero-order valence-electron chi connectivity index (χ0n) is 8.93. The second-order valence-corrected chi connectivity index (χ2v) is 3.64. The van der Waals surface area contributed by atoms with E-state index in [0.29, 0.717) is 17.9 Å². The molecule has 4 heteroatoms. The van der Waals surface area contributed by atoms with Crippen molar-refractivity contribution in [1.82, 2.24) is 5.48 Å². The maximum Gasteiger partial charge on any atom is 0.312 e. The molecule has 1 aliphatic heterocycles. The van der Waals surface area contributed by atoms with Gasteiger partial charge in [0.1, 0.15) is 0 Å². The monoisotopic (exact) mass is 219 g/mol. The molecule has 0 fully saturated rings. The average molecular weight is 219 g/mol. The Kier molecular flexibility index (Phi) is 2.81. The second kappa shape index (κ2) is 4.26. The standard InChI is InChI=1S/C12H13NO3/c1-2-9(12(14)15)10-7-8-5-3-4-6-11(8)16-13-10/h3-7,9,13H,2H2,1H3,(H,14,15). The molecule has 1 aliphatic rings. The van der Waals surface area contributed by atoms with Crippen molar-refractivity contribution < 1.29 is 14.7 Å². The van der Waals surface area contributed by atoms with Crippen molar-refractivity contribution in [2.75, 3.05) is 0 Å². The van der Waals surface area contributed by atoms with E-state index < -0.39 is 11.9 Å². The molecular weight excluding hydrogens is 206 g/mol. The molecule has 0 amide bonds. The maximum absolute atomic E-state index is 11.0. The van der Waals surface area contributed by atoms with Crippen molar-refractivity contribution in [3.8, 4) is 5.75 Å². The van der Waals surface area contributed by atoms with Crippen LogP contribution in [0.4, 0.5) is 0 Å². The Labute approximate surface area is 93.5 Å². The number of hydrogen-bond donors (Lipinski definition) is 2. The first kappa shape index (κ1) is 10.5. The lowest BCUT2D eigenvalue weighted by Crippen LogP contribution is -2.30. The van der Waals surface area contributed by atoms with Crippen molar-refractivity contribution in [3.63, 3.8) is 0 Å². The fraction of sp³-hybridized carbons (Fsp3) is 0.250. The molecule has 0 bridgehead atoms. The number of rotatable bonds is 3. The summed E-state index contributed by atoms with van der Waals surface area (Å²) in [4.78, 5) is 16.3. The van der Waals surface area contributed by atoms with Crippen molar-refractivity contribution >= 4 is 12.0 Å². The van der Waals surface area contributed by atoms with Gasteiger partial charge in [-0.3, -0.25) is 4.79 Å². The van der Waals surface area contributed by atoms with E-state index in [-0.39, 0.29) is 0 Å². The number of benzene rings is 1. The van der Waals surface area contributed by atoms with E-state index in [0.717, 1.165) is 5.56 Å². The van der Waals surface area contributed by atoms with Crippen molar-refractivity contribution in [2.24, 2.45) is 5.92 Å². The normalized spacial score (nSPS) is 15.2. The molecule has 2 N–H and O–H groups in total. The molecule has 0 saturated heterocycles. The third-order valence-corrected chi connectivity index (χ3v) is 2.59. The van der Waals surface area contributed by atoms with Gasteiger partial charge in [0.25, 0.3) is 0 Å². The first-order chi connectivity index (χ1) is 7.72. The minimum atomic E-state index is -0.843. The minimum Gasteiger partial charge on any atom is -0.481 e. The predicted octanol–water partition coefficient (Wildman–Crippen LogP) is 2.04. The summed E-state index contributed by atoms with van der Waals surface area (Å²) in [6.45, 7) is 1.84. The summed E-state index contributed by atoms with van der Waals surface area (Å²) >= 11 is 0. The van der Waals surface area contributed by atoms with Gasteiger partial charge in [-0.15, -0.1) is 0 Å². The van der Waals surface area contributed by atoms with Crippen LogP contribution in [0.1, 0.15) is 18.9 Å². The van der Waals surface area contributed by atoms with Crippen LogP contribution in [0.25, 0.3) is 6.08 Å². The molecule has 84 valence electrons. The van der Waals surface area contributed by atoms with Crippen LogP contribution in [0.5, 0.6) is 5.75 Å². The molecule has 1 unspecified atom stereocenters. The Bertz CT molecular complexity index is 440. The van der Waals surface area contributed by atoms with Gasteiger partial charge in [0.05, 0.1) is 11.6 Å². The van der Waals surface area contributed by atoms with Crippen LogP contribution in [0.2, 0.25) is 0 Å². The molecule has 0 aliphatic carbocycles. The Morgan fingerprint density at radius 2 is 2.25 bits per heavy atom. The van der Waals surface area contributed by atoms with Crippen LogP contribution in [0.3, 0.4) is 0 Å². The molecule has 0 saturated carbocycles. The topological polar surface area (TPSA) is 58.6 Å². The van der Waals surface area contributed by atoms with Crippen molar-refractivity contribution in [3.05, 3.63) is 35.5 Å². The van der Waals surface area contributed by atoms with Crippen molar-refractivity contribution in [2.45, 2.75) is 13.3 Å². The summed E-state index contributed by atoms with van der Waals surface area (Å²) in [5.41, 5.74) is 4.18. The summed E-state index contributed by atoms with van der Waals surface area (Å²) < 4.78 is 0. The smallest absolute Gasteiger partial charge is 0.312 e. The van der Waals surface area contributed by atoms with Crippen LogP contribution in [-0.4, -0.2) is 11.1 Å². The quantitative estimate of drug-likeness (QED) is 0.816. The molecule has 16 heavy (non-hydrogen) atoms. The molecule has 1 aromatic rings. The maximum atomic E-state index is 11.0. The van der Waals surface area contributed by atoms with Gasteiger partial charge in [-0.1, -0.05) is 25.1 Å². The number of nitrogens with one attached hydrogen (secondary N) is 1. The molecule has 1 heterocycles. The van der Waals surface area contributed by atoms with Gasteiger partial charge in [0, 0.05) is 5.56 Å². The molecule has 4 nitrogen and oxygen atoms in total. The van der Waals surface area contributed by atoms with E-state index >= 15 is 0 Å². The van der Waals surface area contributed by atoms with Crippen LogP contribution in [0, 0.1) is 5.92 Å². The number of fused-ring (bicyclic) bond motifs is 1. The number of hydroxylamine groups is 1. The van der Waals surface area contributed by atoms with Gasteiger partial charge in [-0.25, -0.2) is 5.48 Å². The average Bonchev–Trinajstić information content (AvgIpc) is 2.29. The van der Waals surface area contributed by atoms with Crippen LogP contribution >= 0.6 is 0 Å². The fourth-order valence-corrected chi connectivity index (χ4v) is 1.70. The largest absolute Gasteiger partial charge is 0.481 e. The van der Waals surface area contributed by atoms with E-state index in [9.17, 15) is 4.79 Å². The zero-order chi connectivity index (χ0) is 11.5. The van der Waals surface area contributed by atoms with E-state index in [1.165, 1.54) is 0 Å². The zero-order valence-corrected chi connectivity index (χ0v) is 8.93. The van der Waals surface area contributed by atoms with E-state index in [4.69, 9.17) is 9.94 Å². The molecule has 0 aromatic heterocycles. The lowest BCUT2D eigenvalue weighted by Gasteiger charge is -2.22. The Morgan fingerprint density at radius 3 is 2.94 bits per heavy atom. The van der Waals surface area contributed by atoms with Gasteiger partial charge < -0.3 is 9.94 Å². The molecule has 1 aromatic carbocycles. The van der Waals surface area contributed by atoms with Gasteiger partial charge in [-0.2, -0.15) is 0 Å². The molecule has 2 rings (SSSR count). The summed E-state index contributed by atoms with van der Waals surface area (Å²) in [6.07, 6.45) is 2.35. The summed E-state index contributed by atoms with van der Waals surface area (Å²) in [7, 11) is 0. The van der Waals surface area contributed by atoms with Gasteiger partial charge in [0.15, 0.2) is 5.75 Å². The highest BCUT2D eigenvalue weighted by atomic mass is 16.6. The van der Waals surface area contributed by atoms with Gasteiger partial charge >= 0.3 is 5.97 Å². The van der Waals surface area contributed by atoms with Gasteiger partial charge in [-0.05, 0) is 18.6 Å². The third-order valence-electron chi connectivity index (χ3n) is 2.59. The first-order valence-corrected chi connectivity index (χ1v) is 5.18. The van der Waals surface area contributed by atoms with Crippen LogP contribution in [0.15, 0.2) is 30.0 Å². The highest BCUT2D eigenvalue weighted by Crippen LogP contribution is 2.27. The number of para-hydroxylation sites is 1. The number of carboxylic acid groups (broad SMARTS) is 1. The van der Waals surface area contributed by atoms with E-state index in [2.05, 4.69) is 5.48 Å². The second-order valence-electron chi connectivity index (χ2n) is 3.64. The Morgan fingerprint density at radius 1 is 1.50 bits per heavy atom. The third kappa shape index (κ3) is 1.86. The Hall–Kier alpha value is -1.97. The number of hydrogen-bond acceptors (Lipinski definition) is 3. The highest BCUT2D eigenvalue weighted by molar-refractivity contribution is 5.76. The highest BCUT2D eigenvalue weighted by Gasteiger charge is 2.23. The number of carboxylic acids is 1. The number of aliphatic carboxylic acids is 1. The molecule has 0 spiro atoms. The Balaban J connectivity index is 2.33. The molecule has 1 atom stereocenters.